The molecule has 178 valence electrons. The molecule has 1 aliphatic carbocycles. The Morgan fingerprint density at radius 2 is 1.50 bits per heavy atom. The highest BCUT2D eigenvalue weighted by atomic mass is 28.4. The van der Waals surface area contributed by atoms with Gasteiger partial charge in [-0.25, -0.2) is 0 Å². The van der Waals surface area contributed by atoms with E-state index >= 15 is 0 Å². The third-order valence-corrected chi connectivity index (χ3v) is 11.9. The van der Waals surface area contributed by atoms with Crippen molar-refractivity contribution < 1.29 is 18.8 Å². The quantitative estimate of drug-likeness (QED) is 0.601. The Kier molecular flexibility index (Phi) is 6.76. The van der Waals surface area contributed by atoms with E-state index in [2.05, 4.69) is 69.3 Å². The summed E-state index contributed by atoms with van der Waals surface area (Å²) < 4.78 is 13.0. The van der Waals surface area contributed by atoms with Crippen LogP contribution in [-0.4, -0.2) is 50.9 Å². The Morgan fingerprint density at radius 3 is 2.00 bits per heavy atom. The number of nitrogens with zero attached hydrogens (tertiary/aromatic N) is 1. The minimum Gasteiger partial charge on any atom is -0.407 e. The zero-order chi connectivity index (χ0) is 24.4. The van der Waals surface area contributed by atoms with Gasteiger partial charge in [0.05, 0.1) is 12.5 Å². The van der Waals surface area contributed by atoms with E-state index in [1.807, 2.05) is 12.1 Å². The summed E-state index contributed by atoms with van der Waals surface area (Å²) in [6, 6.07) is 21.0. The van der Waals surface area contributed by atoms with Gasteiger partial charge in [0.1, 0.15) is 0 Å². The molecule has 5 nitrogen and oxygen atoms in total. The fourth-order valence-corrected chi connectivity index (χ4v) is 9.58. The lowest BCUT2D eigenvalue weighted by molar-refractivity contribution is -0.176. The van der Waals surface area contributed by atoms with Crippen LogP contribution < -0.4 is 10.4 Å². The van der Waals surface area contributed by atoms with Crippen LogP contribution in [0.25, 0.3) is 0 Å². The minimum absolute atomic E-state index is 0.000876. The van der Waals surface area contributed by atoms with E-state index in [4.69, 9.17) is 9.16 Å². The number of likely N-dealkylation sites (N-methyl/N-ethyl adjacent to an activating group) is 1. The Balaban J connectivity index is 1.56. The molecule has 1 spiro atoms. The van der Waals surface area contributed by atoms with Gasteiger partial charge in [-0.2, -0.15) is 0 Å². The van der Waals surface area contributed by atoms with Crippen LogP contribution in [0.2, 0.25) is 5.04 Å². The van der Waals surface area contributed by atoms with Crippen molar-refractivity contribution in [2.75, 3.05) is 20.3 Å². The minimum atomic E-state index is -2.64. The average Bonchev–Trinajstić information content (AvgIpc) is 2.84. The van der Waals surface area contributed by atoms with Gasteiger partial charge in [-0.15, -0.1) is 0 Å². The molecule has 1 aliphatic heterocycles. The highest BCUT2D eigenvalue weighted by Gasteiger charge is 2.50. The van der Waals surface area contributed by atoms with Crippen LogP contribution in [-0.2, 0) is 18.8 Å². The molecule has 4 rings (SSSR count). The van der Waals surface area contributed by atoms with Crippen molar-refractivity contribution in [2.24, 2.45) is 5.92 Å². The predicted octanol–water partition coefficient (Wildman–Crippen LogP) is 3.45. The lowest BCUT2D eigenvalue weighted by atomic mass is 9.97. The first-order valence-corrected chi connectivity index (χ1v) is 13.7. The summed E-state index contributed by atoms with van der Waals surface area (Å²) in [6.07, 6.45) is 6.78. The second kappa shape index (κ2) is 9.45. The van der Waals surface area contributed by atoms with Gasteiger partial charge in [0.15, 0.2) is 11.5 Å². The number of ketones is 1. The van der Waals surface area contributed by atoms with Crippen molar-refractivity contribution in [1.82, 2.24) is 4.90 Å². The first kappa shape index (κ1) is 24.3. The van der Waals surface area contributed by atoms with E-state index in [-0.39, 0.29) is 29.3 Å². The molecule has 1 atom stereocenters. The van der Waals surface area contributed by atoms with Crippen LogP contribution in [0.3, 0.4) is 0 Å². The van der Waals surface area contributed by atoms with Gasteiger partial charge in [-0.05, 0) is 46.1 Å². The van der Waals surface area contributed by atoms with Crippen molar-refractivity contribution in [3.63, 3.8) is 0 Å². The number of ether oxygens (including phenoxy) is 1. The molecule has 1 unspecified atom stereocenters. The molecule has 34 heavy (non-hydrogen) atoms. The Bertz CT molecular complexity index is 1030. The van der Waals surface area contributed by atoms with E-state index in [1.165, 1.54) is 22.5 Å². The second-order valence-corrected chi connectivity index (χ2v) is 14.3. The van der Waals surface area contributed by atoms with Crippen molar-refractivity contribution >= 4 is 30.4 Å². The van der Waals surface area contributed by atoms with E-state index in [0.29, 0.717) is 13.0 Å². The maximum atomic E-state index is 13.2. The lowest BCUT2D eigenvalue weighted by Gasteiger charge is -2.45. The molecule has 1 fully saturated rings. The summed E-state index contributed by atoms with van der Waals surface area (Å²) in [7, 11) is -0.921. The Hall–Kier alpha value is -2.80. The summed E-state index contributed by atoms with van der Waals surface area (Å²) in [6.45, 7) is 7.48. The van der Waals surface area contributed by atoms with Crippen LogP contribution in [0.4, 0.5) is 0 Å². The average molecular weight is 476 g/mol. The molecule has 1 heterocycles. The molecule has 2 aromatic rings. The van der Waals surface area contributed by atoms with Crippen molar-refractivity contribution in [3.8, 4) is 0 Å². The van der Waals surface area contributed by atoms with Gasteiger partial charge < -0.3 is 14.1 Å². The number of amides is 1. The fourth-order valence-electron chi connectivity index (χ4n) is 5.00. The van der Waals surface area contributed by atoms with Gasteiger partial charge >= 0.3 is 0 Å². The molecule has 0 aromatic heterocycles. The van der Waals surface area contributed by atoms with Gasteiger partial charge in [-0.3, -0.25) is 9.59 Å². The Morgan fingerprint density at radius 1 is 0.971 bits per heavy atom. The normalized spacial score (nSPS) is 20.2. The monoisotopic (exact) mass is 475 g/mol. The largest absolute Gasteiger partial charge is 0.407 e. The fraction of sp³-hybridized carbons (Fsp3) is 0.357. The van der Waals surface area contributed by atoms with Crippen LogP contribution in [0.5, 0.6) is 0 Å². The second-order valence-electron chi connectivity index (χ2n) is 10.0. The van der Waals surface area contributed by atoms with Crippen LogP contribution >= 0.6 is 0 Å². The van der Waals surface area contributed by atoms with Crippen molar-refractivity contribution in [2.45, 2.75) is 38.0 Å². The Labute approximate surface area is 203 Å². The molecule has 0 saturated carbocycles. The molecule has 1 amide bonds. The highest BCUT2D eigenvalue weighted by molar-refractivity contribution is 6.99. The van der Waals surface area contributed by atoms with Gasteiger partial charge in [-0.1, -0.05) is 81.4 Å². The zero-order valence-electron chi connectivity index (χ0n) is 20.4. The number of carbonyl (C=O) groups is 2. The molecule has 0 bridgehead atoms. The number of benzene rings is 2. The summed E-state index contributed by atoms with van der Waals surface area (Å²) in [5.41, 5.74) is -0.972. The third kappa shape index (κ3) is 4.33. The van der Waals surface area contributed by atoms with E-state index in [1.54, 1.807) is 24.1 Å². The number of hydrogen-bond acceptors (Lipinski definition) is 4. The molecule has 0 radical (unpaired) electrons. The van der Waals surface area contributed by atoms with E-state index in [0.717, 1.165) is 0 Å². The molecule has 2 aromatic carbocycles. The number of allylic oxidation sites excluding steroid dienone is 2. The topological polar surface area (TPSA) is 55.8 Å². The number of rotatable bonds is 6. The molecular formula is C28H33NO4Si. The van der Waals surface area contributed by atoms with Gasteiger partial charge in [0.25, 0.3) is 8.32 Å². The van der Waals surface area contributed by atoms with Gasteiger partial charge in [0, 0.05) is 13.7 Å². The highest BCUT2D eigenvalue weighted by Crippen LogP contribution is 2.37. The van der Waals surface area contributed by atoms with Gasteiger partial charge in [0.2, 0.25) is 5.91 Å². The first-order valence-electron chi connectivity index (χ1n) is 11.8. The summed E-state index contributed by atoms with van der Waals surface area (Å²) in [5, 5.41) is 2.32. The maximum absolute atomic E-state index is 13.2. The van der Waals surface area contributed by atoms with Crippen LogP contribution in [0, 0.1) is 5.92 Å². The standard InChI is InChI=1S/C28H33NO4Si/c1-27(2,3)34(24-11-7-5-8-12-24,25-13-9-6-10-14-25)33-20-17-22-21-32-28(29(4)26(22)31)18-15-23(30)16-19-28/h5-16,18-19,22H,17,20-21H2,1-4H3. The molecule has 2 aliphatic rings. The number of carbonyl (C=O) groups excluding carboxylic acids is 2. The third-order valence-electron chi connectivity index (χ3n) is 6.89. The summed E-state index contributed by atoms with van der Waals surface area (Å²) >= 11 is 0. The van der Waals surface area contributed by atoms with Crippen LogP contribution in [0.1, 0.15) is 27.2 Å². The number of hydrogen-bond donors (Lipinski definition) is 0. The molecule has 0 N–H and O–H groups in total. The first-order chi connectivity index (χ1) is 16.2. The SMILES string of the molecule is CN1C(=O)C(CCO[Si](c2ccccc2)(c2ccccc2)C(C)(C)C)COC12C=CC(=O)C=C2. The van der Waals surface area contributed by atoms with E-state index < -0.39 is 14.0 Å². The predicted molar refractivity (Wildman–Crippen MR) is 136 cm³/mol. The molecule has 6 heteroatoms. The summed E-state index contributed by atoms with van der Waals surface area (Å²) in [5.74, 6) is -0.398. The van der Waals surface area contributed by atoms with Crippen molar-refractivity contribution in [1.29, 1.82) is 0 Å². The van der Waals surface area contributed by atoms with Crippen LogP contribution in [0.15, 0.2) is 85.0 Å². The summed E-state index contributed by atoms with van der Waals surface area (Å²) in [4.78, 5) is 26.4. The smallest absolute Gasteiger partial charge is 0.261 e. The zero-order valence-corrected chi connectivity index (χ0v) is 21.4. The van der Waals surface area contributed by atoms with Crippen molar-refractivity contribution in [3.05, 3.63) is 85.0 Å². The maximum Gasteiger partial charge on any atom is 0.261 e. The molecular weight excluding hydrogens is 442 g/mol. The molecule has 1 saturated heterocycles. The lowest BCUT2D eigenvalue weighted by Crippen LogP contribution is -2.66. The van der Waals surface area contributed by atoms with E-state index in [9.17, 15) is 9.59 Å².